The summed E-state index contributed by atoms with van der Waals surface area (Å²) in [5, 5.41) is 11.4. The number of hydrogen-bond donors (Lipinski definition) is 2. The first-order valence-corrected chi connectivity index (χ1v) is 3.32. The van der Waals surface area contributed by atoms with Gasteiger partial charge in [0.15, 0.2) is 0 Å². The SMILES string of the molecule is O=C(O)C[C@H]1COCCN1. The molecule has 2 N–H and O–H groups in total. The molecule has 0 aliphatic carbocycles. The number of morpholine rings is 1. The molecule has 1 fully saturated rings. The lowest BCUT2D eigenvalue weighted by Gasteiger charge is -2.21. The van der Waals surface area contributed by atoms with Crippen molar-refractivity contribution in [3.63, 3.8) is 0 Å². The van der Waals surface area contributed by atoms with Crippen LogP contribution < -0.4 is 5.32 Å². The smallest absolute Gasteiger partial charge is 0.305 e. The molecule has 1 heterocycles. The fraction of sp³-hybridized carbons (Fsp3) is 0.833. The highest BCUT2D eigenvalue weighted by molar-refractivity contribution is 5.67. The number of carboxylic acid groups (broad SMARTS) is 1. The molecule has 0 saturated carbocycles. The Morgan fingerprint density at radius 1 is 1.80 bits per heavy atom. The predicted molar refractivity (Wildman–Crippen MR) is 34.9 cm³/mol. The summed E-state index contributed by atoms with van der Waals surface area (Å²) in [6.45, 7) is 1.97. The molecule has 0 bridgehead atoms. The Balaban J connectivity index is 2.19. The summed E-state index contributed by atoms with van der Waals surface area (Å²) in [5.41, 5.74) is 0. The Morgan fingerprint density at radius 2 is 2.60 bits per heavy atom. The third-order valence-corrected chi connectivity index (χ3v) is 1.42. The molecule has 0 aromatic rings. The average molecular weight is 145 g/mol. The minimum absolute atomic E-state index is 0.00579. The highest BCUT2D eigenvalue weighted by atomic mass is 16.5. The van der Waals surface area contributed by atoms with Gasteiger partial charge in [-0.15, -0.1) is 0 Å². The first-order chi connectivity index (χ1) is 4.79. The summed E-state index contributed by atoms with van der Waals surface area (Å²) in [5.74, 6) is -0.775. The lowest BCUT2D eigenvalue weighted by molar-refractivity contribution is -0.138. The van der Waals surface area contributed by atoms with Crippen LogP contribution in [0.4, 0.5) is 0 Å². The van der Waals surface area contributed by atoms with Gasteiger partial charge in [0.25, 0.3) is 0 Å². The molecule has 0 spiro atoms. The lowest BCUT2D eigenvalue weighted by Crippen LogP contribution is -2.42. The van der Waals surface area contributed by atoms with Gasteiger partial charge in [0.1, 0.15) is 0 Å². The van der Waals surface area contributed by atoms with E-state index in [-0.39, 0.29) is 12.5 Å². The van der Waals surface area contributed by atoms with Crippen molar-refractivity contribution in [2.24, 2.45) is 0 Å². The number of ether oxygens (including phenoxy) is 1. The fourth-order valence-corrected chi connectivity index (χ4v) is 0.962. The van der Waals surface area contributed by atoms with E-state index in [9.17, 15) is 4.79 Å². The summed E-state index contributed by atoms with van der Waals surface area (Å²) in [6.07, 6.45) is 0.153. The molecule has 0 radical (unpaired) electrons. The zero-order valence-corrected chi connectivity index (χ0v) is 5.67. The van der Waals surface area contributed by atoms with Crippen molar-refractivity contribution in [1.29, 1.82) is 0 Å². The van der Waals surface area contributed by atoms with E-state index in [2.05, 4.69) is 5.32 Å². The van der Waals surface area contributed by atoms with Gasteiger partial charge in [-0.25, -0.2) is 0 Å². The summed E-state index contributed by atoms with van der Waals surface area (Å²) < 4.78 is 5.06. The summed E-state index contributed by atoms with van der Waals surface area (Å²) in [7, 11) is 0. The molecule has 1 rings (SSSR count). The largest absolute Gasteiger partial charge is 0.481 e. The first kappa shape index (κ1) is 7.50. The first-order valence-electron chi connectivity index (χ1n) is 3.32. The maximum absolute atomic E-state index is 10.2. The molecule has 1 atom stereocenters. The molecule has 1 aliphatic rings. The van der Waals surface area contributed by atoms with E-state index < -0.39 is 5.97 Å². The van der Waals surface area contributed by atoms with E-state index in [4.69, 9.17) is 9.84 Å². The zero-order chi connectivity index (χ0) is 7.40. The van der Waals surface area contributed by atoms with Crippen molar-refractivity contribution in [3.8, 4) is 0 Å². The molecular formula is C6H11NO3. The summed E-state index contributed by atoms with van der Waals surface area (Å²) in [4.78, 5) is 10.2. The maximum Gasteiger partial charge on any atom is 0.305 e. The van der Waals surface area contributed by atoms with Gasteiger partial charge in [0, 0.05) is 12.6 Å². The number of carboxylic acids is 1. The van der Waals surface area contributed by atoms with E-state index in [1.165, 1.54) is 0 Å². The van der Waals surface area contributed by atoms with Crippen molar-refractivity contribution in [1.82, 2.24) is 5.32 Å². The van der Waals surface area contributed by atoms with Crippen LogP contribution in [-0.2, 0) is 9.53 Å². The van der Waals surface area contributed by atoms with Crippen LogP contribution >= 0.6 is 0 Å². The topological polar surface area (TPSA) is 58.6 Å². The summed E-state index contributed by atoms with van der Waals surface area (Å²) in [6, 6.07) is 0.00579. The third-order valence-electron chi connectivity index (χ3n) is 1.42. The zero-order valence-electron chi connectivity index (χ0n) is 5.67. The molecule has 0 unspecified atom stereocenters. The molecule has 0 aromatic heterocycles. The molecule has 1 saturated heterocycles. The van der Waals surface area contributed by atoms with Crippen LogP contribution in [0.2, 0.25) is 0 Å². The Morgan fingerprint density at radius 3 is 3.10 bits per heavy atom. The van der Waals surface area contributed by atoms with Crippen LogP contribution in [0.15, 0.2) is 0 Å². The van der Waals surface area contributed by atoms with E-state index in [1.807, 2.05) is 0 Å². The number of aliphatic carboxylic acids is 1. The summed E-state index contributed by atoms with van der Waals surface area (Å²) >= 11 is 0. The molecular weight excluding hydrogens is 134 g/mol. The monoisotopic (exact) mass is 145 g/mol. The van der Waals surface area contributed by atoms with Crippen molar-refractivity contribution < 1.29 is 14.6 Å². The number of nitrogens with one attached hydrogen (secondary N) is 1. The average Bonchev–Trinajstić information content (AvgIpc) is 1.88. The highest BCUT2D eigenvalue weighted by Gasteiger charge is 2.15. The van der Waals surface area contributed by atoms with Gasteiger partial charge in [0.2, 0.25) is 0 Å². The van der Waals surface area contributed by atoms with Crippen molar-refractivity contribution in [3.05, 3.63) is 0 Å². The van der Waals surface area contributed by atoms with Gasteiger partial charge in [-0.1, -0.05) is 0 Å². The minimum Gasteiger partial charge on any atom is -0.481 e. The second-order valence-corrected chi connectivity index (χ2v) is 2.32. The van der Waals surface area contributed by atoms with Gasteiger partial charge in [-0.2, -0.15) is 0 Å². The van der Waals surface area contributed by atoms with E-state index >= 15 is 0 Å². The molecule has 1 aliphatic heterocycles. The van der Waals surface area contributed by atoms with Crippen LogP contribution in [0.3, 0.4) is 0 Å². The maximum atomic E-state index is 10.2. The standard InChI is InChI=1S/C6H11NO3/c8-6(9)3-5-4-10-2-1-7-5/h5,7H,1-4H2,(H,8,9)/t5-/m0/s1. The van der Waals surface area contributed by atoms with Gasteiger partial charge in [0.05, 0.1) is 19.6 Å². The number of hydrogen-bond acceptors (Lipinski definition) is 3. The van der Waals surface area contributed by atoms with Crippen LogP contribution in [0.25, 0.3) is 0 Å². The van der Waals surface area contributed by atoms with Crippen LogP contribution in [0.1, 0.15) is 6.42 Å². The van der Waals surface area contributed by atoms with Crippen LogP contribution in [0, 0.1) is 0 Å². The molecule has 4 heteroatoms. The fourth-order valence-electron chi connectivity index (χ4n) is 0.962. The Kier molecular flexibility index (Phi) is 2.65. The Bertz CT molecular complexity index is 120. The van der Waals surface area contributed by atoms with Gasteiger partial charge in [-0.3, -0.25) is 4.79 Å². The van der Waals surface area contributed by atoms with Gasteiger partial charge >= 0.3 is 5.97 Å². The van der Waals surface area contributed by atoms with E-state index in [0.717, 1.165) is 6.54 Å². The molecule has 58 valence electrons. The minimum atomic E-state index is -0.775. The Labute approximate surface area is 59.2 Å². The molecule has 0 amide bonds. The molecule has 0 aromatic carbocycles. The second-order valence-electron chi connectivity index (χ2n) is 2.32. The molecule has 10 heavy (non-hydrogen) atoms. The predicted octanol–water partition coefficient (Wildman–Crippen LogP) is -0.550. The third kappa shape index (κ3) is 2.33. The van der Waals surface area contributed by atoms with Gasteiger partial charge < -0.3 is 15.2 Å². The van der Waals surface area contributed by atoms with Crippen LogP contribution in [-0.4, -0.2) is 36.9 Å². The highest BCUT2D eigenvalue weighted by Crippen LogP contribution is 1.97. The van der Waals surface area contributed by atoms with E-state index in [0.29, 0.717) is 13.2 Å². The molecule has 4 nitrogen and oxygen atoms in total. The number of rotatable bonds is 2. The van der Waals surface area contributed by atoms with Crippen molar-refractivity contribution in [2.45, 2.75) is 12.5 Å². The normalized spacial score (nSPS) is 26.2. The number of carbonyl (C=O) groups is 1. The van der Waals surface area contributed by atoms with Crippen molar-refractivity contribution >= 4 is 5.97 Å². The van der Waals surface area contributed by atoms with E-state index in [1.54, 1.807) is 0 Å². The van der Waals surface area contributed by atoms with Crippen LogP contribution in [0.5, 0.6) is 0 Å². The lowest BCUT2D eigenvalue weighted by atomic mass is 10.2. The van der Waals surface area contributed by atoms with Gasteiger partial charge in [-0.05, 0) is 0 Å². The second kappa shape index (κ2) is 3.53. The van der Waals surface area contributed by atoms with Crippen molar-refractivity contribution in [2.75, 3.05) is 19.8 Å². The quantitative estimate of drug-likeness (QED) is 0.547. The Hall–Kier alpha value is -0.610.